The molecule has 0 radical (unpaired) electrons. The zero-order chi connectivity index (χ0) is 47.5. The maximum Gasteiger partial charge on any atom is 0.355 e. The van der Waals surface area contributed by atoms with Crippen molar-refractivity contribution in [3.05, 3.63) is 122 Å². The van der Waals surface area contributed by atoms with Crippen LogP contribution in [-0.4, -0.2) is 34.1 Å². The molecule has 3 aromatic rings. The molecule has 66 heavy (non-hydrogen) atoms. The largest absolute Gasteiger partial charge is 0.466 e. The van der Waals surface area contributed by atoms with Gasteiger partial charge in [-0.3, -0.25) is 14.4 Å². The van der Waals surface area contributed by atoms with Crippen molar-refractivity contribution in [2.24, 2.45) is 0 Å². The minimum Gasteiger partial charge on any atom is -0.466 e. The monoisotopic (exact) mass is 901 g/mol. The second-order valence-corrected chi connectivity index (χ2v) is 18.9. The van der Waals surface area contributed by atoms with Gasteiger partial charge in [-0.25, -0.2) is 9.78 Å². The first-order valence-electron chi connectivity index (χ1n) is 24.8. The van der Waals surface area contributed by atoms with E-state index in [9.17, 15) is 19.2 Å². The maximum absolute atomic E-state index is 13.8. The Morgan fingerprint density at radius 3 is 1.91 bits per heavy atom. The lowest BCUT2D eigenvalue weighted by Crippen LogP contribution is -2.47. The number of ether oxygens (including phenoxy) is 3. The molecule has 0 spiro atoms. The van der Waals surface area contributed by atoms with E-state index < -0.39 is 17.5 Å². The van der Waals surface area contributed by atoms with Crippen molar-refractivity contribution in [3.8, 4) is 11.4 Å². The van der Waals surface area contributed by atoms with Crippen LogP contribution in [0.25, 0.3) is 22.3 Å². The molecule has 1 aromatic carbocycles. The SMILES string of the molecule is CC[C@@]1(OC(=O)CCCCCCCCC(=O)OCCC/C(C)=C/CC/C(C)=C/CC/C=C(\C)CC/C=C(\C)CCC=C(C)C)C(=O)OCc2c1cc1n(c2=O)Cc2cc3ccccc3nc2-1. The Kier molecular flexibility index (Phi) is 20.5. The number of carbonyl (C=O) groups excluding carboxylic acids is 3. The summed E-state index contributed by atoms with van der Waals surface area (Å²) in [5.41, 5.74) is 8.98. The van der Waals surface area contributed by atoms with Crippen LogP contribution in [0.2, 0.25) is 0 Å². The number of unbranched alkanes of at least 4 members (excludes halogenated alkanes) is 6. The van der Waals surface area contributed by atoms with Crippen LogP contribution < -0.4 is 5.56 Å². The van der Waals surface area contributed by atoms with E-state index in [1.165, 1.54) is 27.9 Å². The Hall–Kier alpha value is -5.31. The van der Waals surface area contributed by atoms with Gasteiger partial charge in [0, 0.05) is 29.4 Å². The minimum atomic E-state index is -1.69. The number of rotatable bonds is 27. The molecule has 2 aromatic heterocycles. The van der Waals surface area contributed by atoms with Crippen molar-refractivity contribution in [1.82, 2.24) is 9.55 Å². The molecule has 5 rings (SSSR count). The van der Waals surface area contributed by atoms with Crippen LogP contribution in [-0.2, 0) is 47.3 Å². The van der Waals surface area contributed by atoms with Gasteiger partial charge in [-0.1, -0.05) is 109 Å². The molecule has 2 aliphatic heterocycles. The molecule has 9 nitrogen and oxygen atoms in total. The second kappa shape index (κ2) is 26.1. The third-order valence-corrected chi connectivity index (χ3v) is 13.0. The number of para-hydroxylation sites is 1. The molecule has 0 bridgehead atoms. The number of carbonyl (C=O) groups is 3. The Morgan fingerprint density at radius 1 is 0.697 bits per heavy atom. The van der Waals surface area contributed by atoms with Gasteiger partial charge in [0.25, 0.3) is 5.56 Å². The molecule has 0 saturated heterocycles. The number of fused-ring (bicyclic) bond motifs is 5. The predicted octanol–water partition coefficient (Wildman–Crippen LogP) is 13.9. The van der Waals surface area contributed by atoms with Gasteiger partial charge in [0.05, 0.1) is 35.6 Å². The molecule has 0 amide bonds. The quantitative estimate of drug-likeness (QED) is 0.0252. The van der Waals surface area contributed by atoms with Crippen LogP contribution in [0.15, 0.2) is 99.4 Å². The highest BCUT2D eigenvalue weighted by atomic mass is 16.6. The highest BCUT2D eigenvalue weighted by Crippen LogP contribution is 2.41. The highest BCUT2D eigenvalue weighted by Gasteiger charge is 2.50. The Balaban J connectivity index is 0.909. The van der Waals surface area contributed by atoms with Gasteiger partial charge in [-0.2, -0.15) is 0 Å². The molecule has 0 aliphatic carbocycles. The van der Waals surface area contributed by atoms with Gasteiger partial charge in [0.15, 0.2) is 0 Å². The van der Waals surface area contributed by atoms with E-state index in [0.29, 0.717) is 48.5 Å². The Morgan fingerprint density at radius 2 is 1.27 bits per heavy atom. The fourth-order valence-corrected chi connectivity index (χ4v) is 8.93. The van der Waals surface area contributed by atoms with E-state index in [-0.39, 0.29) is 31.0 Å². The van der Waals surface area contributed by atoms with Crippen molar-refractivity contribution in [2.45, 2.75) is 189 Å². The van der Waals surface area contributed by atoms with Crippen molar-refractivity contribution in [1.29, 1.82) is 0 Å². The summed E-state index contributed by atoms with van der Waals surface area (Å²) in [5.74, 6) is -1.30. The number of pyridine rings is 2. The maximum atomic E-state index is 13.8. The smallest absolute Gasteiger partial charge is 0.355 e. The number of nitrogens with zero attached hydrogens (tertiary/aromatic N) is 2. The minimum absolute atomic E-state index is 0.137. The molecular formula is C57H76N2O7. The summed E-state index contributed by atoms with van der Waals surface area (Å²) in [6, 6.07) is 11.7. The summed E-state index contributed by atoms with van der Waals surface area (Å²) in [7, 11) is 0. The summed E-state index contributed by atoms with van der Waals surface area (Å²) in [6.45, 7) is 15.6. The molecule has 0 fully saturated rings. The molecule has 1 atom stereocenters. The van der Waals surface area contributed by atoms with Crippen molar-refractivity contribution < 1.29 is 28.6 Å². The molecule has 2 aliphatic rings. The summed E-state index contributed by atoms with van der Waals surface area (Å²) in [6.07, 6.45) is 28.1. The molecule has 0 unspecified atom stereocenters. The first-order chi connectivity index (χ1) is 31.8. The van der Waals surface area contributed by atoms with E-state index >= 15 is 0 Å². The first kappa shape index (κ1) is 51.7. The van der Waals surface area contributed by atoms with Crippen LogP contribution in [0.1, 0.15) is 187 Å². The average Bonchev–Trinajstić information content (AvgIpc) is 3.65. The molecule has 0 N–H and O–H groups in total. The molecular weight excluding hydrogens is 825 g/mol. The molecule has 356 valence electrons. The van der Waals surface area contributed by atoms with Crippen LogP contribution in [0.5, 0.6) is 0 Å². The number of cyclic esters (lactones) is 1. The lowest BCUT2D eigenvalue weighted by molar-refractivity contribution is -0.189. The number of aromatic nitrogens is 2. The Labute approximate surface area is 394 Å². The van der Waals surface area contributed by atoms with Crippen LogP contribution >= 0.6 is 0 Å². The lowest BCUT2D eigenvalue weighted by atomic mass is 9.85. The lowest BCUT2D eigenvalue weighted by Gasteiger charge is -2.35. The van der Waals surface area contributed by atoms with Gasteiger partial charge in [0.1, 0.15) is 6.61 Å². The zero-order valence-corrected chi connectivity index (χ0v) is 41.2. The predicted molar refractivity (Wildman–Crippen MR) is 267 cm³/mol. The van der Waals surface area contributed by atoms with Crippen LogP contribution in [0.4, 0.5) is 0 Å². The van der Waals surface area contributed by atoms with Gasteiger partial charge < -0.3 is 18.8 Å². The standard InChI is InChI=1S/C57H76N2O7/c1-8-57(49-38-51-54-47(37-46-32-17-18-33-50(46)58-54)39-59(51)55(62)48(49)40-65-56(57)63)66-53(61)35-14-12-10-9-11-13-34-52(60)64-36-22-31-45(7)30-21-28-43(5)25-16-15-24-42(4)27-20-29-44(6)26-19-23-41(2)3/h17-18,23-25,29-30,32-33,37-38H,8-16,19-22,26-28,31,34-36,39-40H2,1-7H3/b42-24+,43-25+,44-29+,45-30+/t57-/m0/s1. The summed E-state index contributed by atoms with van der Waals surface area (Å²) in [5, 5.41) is 0.989. The van der Waals surface area contributed by atoms with Gasteiger partial charge >= 0.3 is 17.9 Å². The first-order valence-corrected chi connectivity index (χ1v) is 24.8. The van der Waals surface area contributed by atoms with E-state index in [2.05, 4.69) is 71.9 Å². The fraction of sp³-hybridized carbons (Fsp3) is 0.526. The number of hydrogen-bond acceptors (Lipinski definition) is 8. The highest BCUT2D eigenvalue weighted by molar-refractivity contribution is 5.88. The number of esters is 3. The summed E-state index contributed by atoms with van der Waals surface area (Å²) >= 11 is 0. The van der Waals surface area contributed by atoms with Crippen LogP contribution in [0, 0.1) is 0 Å². The summed E-state index contributed by atoms with van der Waals surface area (Å²) in [4.78, 5) is 57.6. The van der Waals surface area contributed by atoms with Crippen LogP contribution in [0.3, 0.4) is 0 Å². The normalized spacial score (nSPS) is 16.1. The van der Waals surface area contributed by atoms with Crippen molar-refractivity contribution in [3.63, 3.8) is 0 Å². The average molecular weight is 901 g/mol. The van der Waals surface area contributed by atoms with E-state index in [4.69, 9.17) is 19.2 Å². The van der Waals surface area contributed by atoms with Crippen molar-refractivity contribution >= 4 is 28.8 Å². The summed E-state index contributed by atoms with van der Waals surface area (Å²) < 4.78 is 18.7. The molecule has 4 heterocycles. The Bertz CT molecular complexity index is 2370. The van der Waals surface area contributed by atoms with E-state index in [1.807, 2.05) is 30.3 Å². The number of allylic oxidation sites excluding steroid dienone is 10. The van der Waals surface area contributed by atoms with Gasteiger partial charge in [-0.05, 0) is 143 Å². The van der Waals surface area contributed by atoms with Crippen molar-refractivity contribution in [2.75, 3.05) is 6.61 Å². The molecule has 0 saturated carbocycles. The zero-order valence-electron chi connectivity index (χ0n) is 41.2. The third kappa shape index (κ3) is 15.1. The second-order valence-electron chi connectivity index (χ2n) is 18.9. The third-order valence-electron chi connectivity index (χ3n) is 13.0. The van der Waals surface area contributed by atoms with Gasteiger partial charge in [0.2, 0.25) is 5.60 Å². The molecule has 9 heteroatoms. The van der Waals surface area contributed by atoms with E-state index in [1.54, 1.807) is 17.6 Å². The number of benzene rings is 1. The van der Waals surface area contributed by atoms with Gasteiger partial charge in [-0.15, -0.1) is 0 Å². The topological polar surface area (TPSA) is 114 Å². The number of hydrogen-bond donors (Lipinski definition) is 0. The fourth-order valence-electron chi connectivity index (χ4n) is 8.93. The van der Waals surface area contributed by atoms with E-state index in [0.717, 1.165) is 113 Å².